The Morgan fingerprint density at radius 1 is 1.05 bits per heavy atom. The van der Waals surface area contributed by atoms with Crippen molar-refractivity contribution in [1.29, 1.82) is 0 Å². The van der Waals surface area contributed by atoms with Gasteiger partial charge in [0.05, 0.1) is 0 Å². The minimum atomic E-state index is 0.860. The Bertz CT molecular complexity index is 637. The molecule has 2 rings (SSSR count). The summed E-state index contributed by atoms with van der Waals surface area (Å²) in [4.78, 5) is 0. The number of aryl methyl sites for hydroxylation is 2. The molecule has 0 heterocycles. The highest BCUT2D eigenvalue weighted by Crippen LogP contribution is 2.32. The lowest BCUT2D eigenvalue weighted by atomic mass is 10.1. The normalized spacial score (nSPS) is 10.7. The van der Waals surface area contributed by atoms with E-state index >= 15 is 0 Å². The third kappa shape index (κ3) is 3.86. The fourth-order valence-electron chi connectivity index (χ4n) is 2.19. The van der Waals surface area contributed by atoms with E-state index in [4.69, 9.17) is 4.74 Å². The molecule has 0 aliphatic carbocycles. The van der Waals surface area contributed by atoms with E-state index in [1.54, 1.807) is 0 Å². The molecule has 0 aliphatic rings. The van der Waals surface area contributed by atoms with Crippen LogP contribution in [0.2, 0.25) is 0 Å². The van der Waals surface area contributed by atoms with Crippen LogP contribution in [0, 0.1) is 20.8 Å². The van der Waals surface area contributed by atoms with Crippen LogP contribution in [0.15, 0.2) is 34.8 Å². The van der Waals surface area contributed by atoms with Gasteiger partial charge >= 0.3 is 0 Å². The van der Waals surface area contributed by atoms with E-state index < -0.39 is 0 Å². The molecule has 3 heteroatoms. The first-order valence-electron chi connectivity index (χ1n) is 7.26. The average molecular weight is 348 g/mol. The topological polar surface area (TPSA) is 21.3 Å². The number of hydrogen-bond donors (Lipinski definition) is 1. The van der Waals surface area contributed by atoms with Gasteiger partial charge in [-0.15, -0.1) is 0 Å². The first-order chi connectivity index (χ1) is 10.0. The van der Waals surface area contributed by atoms with E-state index in [1.807, 2.05) is 12.1 Å². The zero-order valence-corrected chi connectivity index (χ0v) is 14.7. The fraction of sp³-hybridized carbons (Fsp3) is 0.333. The molecule has 0 saturated carbocycles. The van der Waals surface area contributed by atoms with Crippen LogP contribution in [0.4, 0.5) is 0 Å². The van der Waals surface area contributed by atoms with Crippen LogP contribution in [0.25, 0.3) is 0 Å². The average Bonchev–Trinajstić information content (AvgIpc) is 2.47. The van der Waals surface area contributed by atoms with Crippen LogP contribution in [-0.4, -0.2) is 6.54 Å². The van der Waals surface area contributed by atoms with E-state index in [-0.39, 0.29) is 0 Å². The van der Waals surface area contributed by atoms with Crippen molar-refractivity contribution >= 4 is 15.9 Å². The summed E-state index contributed by atoms with van der Waals surface area (Å²) in [6.07, 6.45) is 0. The van der Waals surface area contributed by atoms with Crippen LogP contribution in [0.3, 0.4) is 0 Å². The number of nitrogens with one attached hydrogen (secondary N) is 1. The first-order valence-corrected chi connectivity index (χ1v) is 8.06. The van der Waals surface area contributed by atoms with E-state index in [9.17, 15) is 0 Å². The van der Waals surface area contributed by atoms with Crippen LogP contribution >= 0.6 is 15.9 Å². The van der Waals surface area contributed by atoms with Crippen molar-refractivity contribution < 1.29 is 4.74 Å². The molecule has 0 aromatic heterocycles. The van der Waals surface area contributed by atoms with Gasteiger partial charge in [-0.3, -0.25) is 0 Å². The standard InChI is InChI=1S/C18H22BrNO/c1-5-20-11-15-8-9-16(10-17(15)19)21-18-13(3)7-6-12(2)14(18)4/h6-10,20H,5,11H2,1-4H3. The first kappa shape index (κ1) is 16.1. The minimum Gasteiger partial charge on any atom is -0.457 e. The van der Waals surface area contributed by atoms with E-state index in [2.05, 4.69) is 67.1 Å². The zero-order chi connectivity index (χ0) is 15.4. The van der Waals surface area contributed by atoms with Gasteiger partial charge in [-0.2, -0.15) is 0 Å². The van der Waals surface area contributed by atoms with Crippen molar-refractivity contribution in [2.45, 2.75) is 34.2 Å². The third-order valence-corrected chi connectivity index (χ3v) is 4.42. The molecule has 1 N–H and O–H groups in total. The summed E-state index contributed by atoms with van der Waals surface area (Å²) in [5.41, 5.74) is 4.84. The van der Waals surface area contributed by atoms with E-state index in [1.165, 1.54) is 16.7 Å². The number of hydrogen-bond acceptors (Lipinski definition) is 2. The summed E-state index contributed by atoms with van der Waals surface area (Å²) in [7, 11) is 0. The molecule has 0 amide bonds. The van der Waals surface area contributed by atoms with Crippen molar-refractivity contribution in [3.05, 3.63) is 57.1 Å². The second-order valence-electron chi connectivity index (χ2n) is 5.29. The van der Waals surface area contributed by atoms with Crippen LogP contribution in [-0.2, 0) is 6.54 Å². The van der Waals surface area contributed by atoms with Crippen molar-refractivity contribution in [2.24, 2.45) is 0 Å². The van der Waals surface area contributed by atoms with Crippen molar-refractivity contribution in [3.8, 4) is 11.5 Å². The van der Waals surface area contributed by atoms with Crippen molar-refractivity contribution in [2.75, 3.05) is 6.54 Å². The van der Waals surface area contributed by atoms with Crippen molar-refractivity contribution in [3.63, 3.8) is 0 Å². The van der Waals surface area contributed by atoms with Gasteiger partial charge in [-0.25, -0.2) is 0 Å². The molecule has 0 unspecified atom stereocenters. The molecule has 0 spiro atoms. The number of halogens is 1. The largest absolute Gasteiger partial charge is 0.457 e. The molecule has 0 bridgehead atoms. The molecule has 0 saturated heterocycles. The Hall–Kier alpha value is -1.32. The Morgan fingerprint density at radius 3 is 2.43 bits per heavy atom. The van der Waals surface area contributed by atoms with Gasteiger partial charge in [0.1, 0.15) is 11.5 Å². The number of ether oxygens (including phenoxy) is 1. The summed E-state index contributed by atoms with van der Waals surface area (Å²) in [5, 5.41) is 3.33. The minimum absolute atomic E-state index is 0.860. The van der Waals surface area contributed by atoms with Crippen LogP contribution < -0.4 is 10.1 Å². The van der Waals surface area contributed by atoms with Gasteiger partial charge in [0.25, 0.3) is 0 Å². The Kier molecular flexibility index (Phi) is 5.43. The molecular weight excluding hydrogens is 326 g/mol. The Labute approximate surface area is 135 Å². The maximum absolute atomic E-state index is 6.11. The quantitative estimate of drug-likeness (QED) is 0.794. The molecule has 21 heavy (non-hydrogen) atoms. The lowest BCUT2D eigenvalue weighted by molar-refractivity contribution is 0.474. The molecule has 2 aromatic rings. The molecule has 112 valence electrons. The monoisotopic (exact) mass is 347 g/mol. The smallest absolute Gasteiger partial charge is 0.133 e. The molecule has 0 radical (unpaired) electrons. The maximum atomic E-state index is 6.11. The van der Waals surface area contributed by atoms with Gasteiger partial charge < -0.3 is 10.1 Å². The third-order valence-electron chi connectivity index (χ3n) is 3.68. The fourth-order valence-corrected chi connectivity index (χ4v) is 2.69. The Morgan fingerprint density at radius 2 is 1.76 bits per heavy atom. The lowest BCUT2D eigenvalue weighted by Gasteiger charge is -2.15. The van der Waals surface area contributed by atoms with Gasteiger partial charge in [0, 0.05) is 11.0 Å². The van der Waals surface area contributed by atoms with Crippen LogP contribution in [0.5, 0.6) is 11.5 Å². The molecule has 2 aromatic carbocycles. The van der Waals surface area contributed by atoms with Gasteiger partial charge in [0.2, 0.25) is 0 Å². The summed E-state index contributed by atoms with van der Waals surface area (Å²) >= 11 is 3.62. The predicted molar refractivity (Wildman–Crippen MR) is 92.2 cm³/mol. The summed E-state index contributed by atoms with van der Waals surface area (Å²) in [6.45, 7) is 10.2. The summed E-state index contributed by atoms with van der Waals surface area (Å²) in [5.74, 6) is 1.82. The van der Waals surface area contributed by atoms with Crippen LogP contribution in [0.1, 0.15) is 29.2 Å². The highest BCUT2D eigenvalue weighted by molar-refractivity contribution is 9.10. The lowest BCUT2D eigenvalue weighted by Crippen LogP contribution is -2.12. The van der Waals surface area contributed by atoms with Gasteiger partial charge in [0.15, 0.2) is 0 Å². The molecule has 2 nitrogen and oxygen atoms in total. The Balaban J connectivity index is 2.25. The SMILES string of the molecule is CCNCc1ccc(Oc2c(C)ccc(C)c2C)cc1Br. The highest BCUT2D eigenvalue weighted by Gasteiger charge is 2.09. The second-order valence-corrected chi connectivity index (χ2v) is 6.14. The molecular formula is C18H22BrNO. The summed E-state index contributed by atoms with van der Waals surface area (Å²) < 4.78 is 7.18. The van der Waals surface area contributed by atoms with E-state index in [0.29, 0.717) is 0 Å². The summed E-state index contributed by atoms with van der Waals surface area (Å²) in [6, 6.07) is 10.4. The molecule has 0 atom stereocenters. The van der Waals surface area contributed by atoms with Crippen molar-refractivity contribution in [1.82, 2.24) is 5.32 Å². The van der Waals surface area contributed by atoms with Gasteiger partial charge in [-0.05, 0) is 61.7 Å². The highest BCUT2D eigenvalue weighted by atomic mass is 79.9. The number of benzene rings is 2. The van der Waals surface area contributed by atoms with Gasteiger partial charge in [-0.1, -0.05) is 41.1 Å². The zero-order valence-electron chi connectivity index (χ0n) is 13.1. The number of rotatable bonds is 5. The molecule has 0 aliphatic heterocycles. The van der Waals surface area contributed by atoms with E-state index in [0.717, 1.165) is 34.6 Å². The second kappa shape index (κ2) is 7.10. The maximum Gasteiger partial charge on any atom is 0.133 e. The molecule has 0 fully saturated rings. The predicted octanol–water partition coefficient (Wildman–Crippen LogP) is 5.28.